The molecule has 47 valence electrons. The minimum atomic E-state index is 0.273. The van der Waals surface area contributed by atoms with Crippen molar-refractivity contribution >= 4 is 28.3 Å². The van der Waals surface area contributed by atoms with Crippen LogP contribution in [-0.2, 0) is 4.79 Å². The first-order valence-electron chi connectivity index (χ1n) is 2.78. The summed E-state index contributed by atoms with van der Waals surface area (Å²) in [7, 11) is 0. The van der Waals surface area contributed by atoms with Crippen molar-refractivity contribution in [2.75, 3.05) is 0 Å². The van der Waals surface area contributed by atoms with Gasteiger partial charge < -0.3 is 0 Å². The van der Waals surface area contributed by atoms with Crippen molar-refractivity contribution in [3.05, 3.63) is 22.8 Å². The molecule has 3 radical (unpaired) electrons. The van der Waals surface area contributed by atoms with Gasteiger partial charge >= 0.3 is 33.2 Å². The van der Waals surface area contributed by atoms with Gasteiger partial charge in [0.15, 0.2) is 5.78 Å². The third-order valence-corrected chi connectivity index (χ3v) is 0.861. The zero-order valence-corrected chi connectivity index (χ0v) is 8.12. The fraction of sp³-hybridized carbons (Fsp3) is 0.286. The first-order valence-corrected chi connectivity index (χ1v) is 4.43. The van der Waals surface area contributed by atoms with Crippen LogP contribution in [0.15, 0.2) is 22.8 Å². The summed E-state index contributed by atoms with van der Waals surface area (Å²) in [4.78, 5) is 10.2. The summed E-state index contributed by atoms with van der Waals surface area (Å²) in [6.45, 7) is 3.40. The zero-order chi connectivity index (χ0) is 7.11. The van der Waals surface area contributed by atoms with Crippen molar-refractivity contribution in [2.24, 2.45) is 0 Å². The van der Waals surface area contributed by atoms with Gasteiger partial charge in [-0.2, -0.15) is 0 Å². The second-order valence-corrected chi connectivity index (χ2v) is 2.78. The summed E-state index contributed by atoms with van der Waals surface area (Å²) >= 11 is 1.40. The van der Waals surface area contributed by atoms with Crippen LogP contribution in [-0.4, -0.2) is 28.3 Å². The monoisotopic (exact) mass is 229 g/mol. The molecule has 0 saturated heterocycles. The molecule has 1 aliphatic carbocycles. The Hall–Kier alpha value is -0.0513. The van der Waals surface area contributed by atoms with Gasteiger partial charge in [0.05, 0.1) is 0 Å². The molecule has 0 aromatic rings. The molecule has 0 N–H and O–H groups in total. The molecule has 1 nitrogen and oxygen atoms in total. The van der Waals surface area contributed by atoms with E-state index in [1.54, 1.807) is 6.08 Å². The minimum Gasteiger partial charge on any atom is -0.295 e. The molecule has 0 bridgehead atoms. The molecule has 1 aliphatic rings. The Balaban J connectivity index is 0.000000187. The Morgan fingerprint density at radius 3 is 2.44 bits per heavy atom. The third-order valence-electron chi connectivity index (χ3n) is 0.861. The van der Waals surface area contributed by atoms with Crippen molar-refractivity contribution < 1.29 is 4.79 Å². The average Bonchev–Trinajstić information content (AvgIpc) is 2.20. The fourth-order valence-corrected chi connectivity index (χ4v) is 0.524. The Morgan fingerprint density at radius 2 is 2.33 bits per heavy atom. The van der Waals surface area contributed by atoms with Crippen LogP contribution in [0.4, 0.5) is 0 Å². The summed E-state index contributed by atoms with van der Waals surface area (Å²) in [6, 6.07) is 0. The van der Waals surface area contributed by atoms with Crippen molar-refractivity contribution in [2.45, 2.75) is 12.8 Å². The maximum atomic E-state index is 10.2. The first kappa shape index (κ1) is 8.95. The quantitative estimate of drug-likeness (QED) is 0.569. The number of carbonyl (C=O) groups is 1. The number of allylic oxidation sites excluding steroid dienone is 2. The SMILES string of the molecule is C=[CH][Sn].O=C1C=CCC1. The van der Waals surface area contributed by atoms with E-state index in [9.17, 15) is 4.79 Å². The van der Waals surface area contributed by atoms with Gasteiger partial charge in [0, 0.05) is 6.42 Å². The summed E-state index contributed by atoms with van der Waals surface area (Å²) in [6.07, 6.45) is 5.24. The molecular formula is C7H9OSn. The number of hydrogen-bond acceptors (Lipinski definition) is 1. The van der Waals surface area contributed by atoms with E-state index in [1.807, 2.05) is 10.2 Å². The fourth-order valence-electron chi connectivity index (χ4n) is 0.524. The predicted molar refractivity (Wildman–Crippen MR) is 39.3 cm³/mol. The maximum Gasteiger partial charge on any atom is 0.155 e. The molecule has 0 aliphatic heterocycles. The maximum absolute atomic E-state index is 10.2. The molecular weight excluding hydrogens is 219 g/mol. The van der Waals surface area contributed by atoms with Crippen LogP contribution in [0.3, 0.4) is 0 Å². The normalized spacial score (nSPS) is 14.6. The Bertz CT molecular complexity index is 127. The average molecular weight is 228 g/mol. The van der Waals surface area contributed by atoms with Crippen LogP contribution >= 0.6 is 0 Å². The Morgan fingerprint density at radius 1 is 1.78 bits per heavy atom. The molecule has 0 amide bonds. The van der Waals surface area contributed by atoms with Crippen LogP contribution in [0.5, 0.6) is 0 Å². The summed E-state index contributed by atoms with van der Waals surface area (Å²) < 4.78 is 1.84. The topological polar surface area (TPSA) is 17.1 Å². The van der Waals surface area contributed by atoms with Gasteiger partial charge in [-0.05, 0) is 12.5 Å². The van der Waals surface area contributed by atoms with Crippen molar-refractivity contribution in [3.8, 4) is 0 Å². The number of carbonyl (C=O) groups excluding carboxylic acids is 1. The van der Waals surface area contributed by atoms with Crippen LogP contribution in [0, 0.1) is 0 Å². The van der Waals surface area contributed by atoms with Gasteiger partial charge in [-0.25, -0.2) is 0 Å². The van der Waals surface area contributed by atoms with Gasteiger partial charge in [-0.15, -0.1) is 0 Å². The second-order valence-electron chi connectivity index (χ2n) is 1.61. The van der Waals surface area contributed by atoms with Gasteiger partial charge in [-0.1, -0.05) is 6.08 Å². The number of ketones is 1. The molecule has 0 unspecified atom stereocenters. The number of rotatable bonds is 0. The first-order chi connectivity index (χ1) is 4.31. The van der Waals surface area contributed by atoms with Gasteiger partial charge in [0.2, 0.25) is 0 Å². The predicted octanol–water partition coefficient (Wildman–Crippen LogP) is 1.20. The molecule has 0 atom stereocenters. The Labute approximate surface area is 68.9 Å². The molecule has 2 heteroatoms. The van der Waals surface area contributed by atoms with Crippen LogP contribution in [0.2, 0.25) is 0 Å². The smallest absolute Gasteiger partial charge is 0.155 e. The van der Waals surface area contributed by atoms with E-state index in [4.69, 9.17) is 0 Å². The largest absolute Gasteiger partial charge is 0.295 e. The molecule has 1 rings (SSSR count). The van der Waals surface area contributed by atoms with E-state index in [0.29, 0.717) is 0 Å². The van der Waals surface area contributed by atoms with Gasteiger partial charge in [-0.3, -0.25) is 4.79 Å². The van der Waals surface area contributed by atoms with E-state index in [0.717, 1.165) is 12.8 Å². The molecule has 0 aromatic carbocycles. The summed E-state index contributed by atoms with van der Waals surface area (Å²) in [5.41, 5.74) is 0. The third kappa shape index (κ3) is 5.83. The summed E-state index contributed by atoms with van der Waals surface area (Å²) in [5.74, 6) is 0.273. The van der Waals surface area contributed by atoms with E-state index in [1.165, 1.54) is 22.5 Å². The molecule has 0 heterocycles. The molecule has 0 aromatic heterocycles. The van der Waals surface area contributed by atoms with Gasteiger partial charge in [0.25, 0.3) is 0 Å². The minimum absolute atomic E-state index is 0.273. The van der Waals surface area contributed by atoms with E-state index in [2.05, 4.69) is 6.58 Å². The number of hydrogen-bond donors (Lipinski definition) is 0. The Kier molecular flexibility index (Phi) is 6.04. The molecule has 0 fully saturated rings. The van der Waals surface area contributed by atoms with Crippen LogP contribution in [0.1, 0.15) is 12.8 Å². The van der Waals surface area contributed by atoms with Crippen molar-refractivity contribution in [1.82, 2.24) is 0 Å². The van der Waals surface area contributed by atoms with Crippen molar-refractivity contribution in [1.29, 1.82) is 0 Å². The van der Waals surface area contributed by atoms with Crippen LogP contribution in [0.25, 0.3) is 0 Å². The van der Waals surface area contributed by atoms with E-state index < -0.39 is 0 Å². The van der Waals surface area contributed by atoms with E-state index >= 15 is 0 Å². The van der Waals surface area contributed by atoms with Crippen LogP contribution < -0.4 is 0 Å². The second kappa shape index (κ2) is 6.07. The molecule has 0 spiro atoms. The molecule has 0 saturated carbocycles. The van der Waals surface area contributed by atoms with E-state index in [-0.39, 0.29) is 5.78 Å². The van der Waals surface area contributed by atoms with Crippen molar-refractivity contribution in [3.63, 3.8) is 0 Å². The zero-order valence-electron chi connectivity index (χ0n) is 5.26. The standard InChI is InChI=1S/C5H6O.C2H3.Sn/c6-5-3-1-2-4-5;1-2;/h1,3H,2,4H2;1H,2H2;. The van der Waals surface area contributed by atoms with Gasteiger partial charge in [0.1, 0.15) is 0 Å². The molecule has 9 heavy (non-hydrogen) atoms. The summed E-state index contributed by atoms with van der Waals surface area (Å²) in [5, 5.41) is 0.